The van der Waals surface area contributed by atoms with E-state index in [0.29, 0.717) is 56.7 Å². The summed E-state index contributed by atoms with van der Waals surface area (Å²) in [4.78, 5) is 26.1. The van der Waals surface area contributed by atoms with Gasteiger partial charge in [0.15, 0.2) is 11.7 Å². The van der Waals surface area contributed by atoms with Gasteiger partial charge in [-0.3, -0.25) is 8.42 Å². The molecule has 2 unspecified atom stereocenters. The fourth-order valence-corrected chi connectivity index (χ4v) is 9.82. The Bertz CT molecular complexity index is 2050. The molecule has 9 rings (SSSR count). The number of aryl methyl sites for hydroxylation is 3. The Hall–Kier alpha value is -3.21. The molecule has 2 atom stereocenters. The summed E-state index contributed by atoms with van der Waals surface area (Å²) in [7, 11) is -2.15. The topological polar surface area (TPSA) is 179 Å². The molecule has 3 aromatic heterocycles. The highest BCUT2D eigenvalue weighted by molar-refractivity contribution is 7.85. The number of aliphatic hydroxyl groups excluding tert-OH is 2. The molecule has 1 aromatic carbocycles. The van der Waals surface area contributed by atoms with E-state index in [1.54, 1.807) is 0 Å². The van der Waals surface area contributed by atoms with Crippen molar-refractivity contribution in [2.45, 2.75) is 85.1 Å². The lowest BCUT2D eigenvalue weighted by Crippen LogP contribution is -2.35. The molecule has 0 amide bonds. The van der Waals surface area contributed by atoms with Crippen LogP contribution in [0, 0.1) is 6.92 Å². The third kappa shape index (κ3) is 7.19. The van der Waals surface area contributed by atoms with Gasteiger partial charge in [0, 0.05) is 53.9 Å². The van der Waals surface area contributed by atoms with E-state index in [1.165, 1.54) is 0 Å². The number of piperidine rings is 1. The van der Waals surface area contributed by atoms with Crippen molar-refractivity contribution >= 4 is 62.4 Å². The van der Waals surface area contributed by atoms with Gasteiger partial charge >= 0.3 is 0 Å². The molecule has 3 fully saturated rings. The lowest BCUT2D eigenvalue weighted by Gasteiger charge is -2.31. The molecule has 2 saturated carbocycles. The van der Waals surface area contributed by atoms with E-state index < -0.39 is 21.6 Å². The van der Waals surface area contributed by atoms with Gasteiger partial charge in [-0.2, -0.15) is 9.97 Å². The fourth-order valence-electron chi connectivity index (χ4n) is 6.90. The zero-order chi connectivity index (χ0) is 36.2. The predicted molar refractivity (Wildman–Crippen MR) is 200 cm³/mol. The van der Waals surface area contributed by atoms with Gasteiger partial charge in [0.2, 0.25) is 11.2 Å². The zero-order valence-electron chi connectivity index (χ0n) is 28.7. The van der Waals surface area contributed by atoms with Crippen molar-refractivity contribution in [2.24, 2.45) is 0 Å². The van der Waals surface area contributed by atoms with Crippen LogP contribution in [-0.4, -0.2) is 92.4 Å². The number of fused-ring (bicyclic) bond motifs is 2. The number of hydrogen-bond acceptors (Lipinski definition) is 13. The highest BCUT2D eigenvalue weighted by atomic mass is 35.5. The van der Waals surface area contributed by atoms with Crippen LogP contribution in [0.25, 0.3) is 11.3 Å². The Kier molecular flexibility index (Phi) is 9.79. The number of aliphatic hydroxyl groups is 2. The quantitative estimate of drug-likeness (QED) is 0.170. The van der Waals surface area contributed by atoms with Gasteiger partial charge in [-0.15, -0.1) is 0 Å². The second-order valence-corrected chi connectivity index (χ2v) is 18.0. The standard InChI is InChI=1S/C25H28ClN5O3S.C10H12ClN3O2S/c1-15-20(16-2-4-18(26)5-3-16)34-23(27-15)17-6-11-31(12-7-17)24-28-19-8-13-35(33)21(19)22(29-24)30-25(14-32)9-10-25;11-9-12-6-1-4-17(16)7(6)8(13-9)14-10(5-15)2-3-10/h2-5,17,32H,6-14H2,1H3,(H,28,29,30);15H,1-5H2,(H,12,13,14). The van der Waals surface area contributed by atoms with Crippen LogP contribution in [-0.2, 0) is 34.4 Å². The maximum Gasteiger partial charge on any atom is 0.227 e. The number of nitrogens with zero attached hydrogens (tertiary/aromatic N) is 6. The largest absolute Gasteiger partial charge is 0.440 e. The second-order valence-electron chi connectivity index (χ2n) is 14.2. The molecule has 4 aromatic rings. The monoisotopic (exact) mass is 786 g/mol. The number of benzene rings is 1. The van der Waals surface area contributed by atoms with Crippen LogP contribution in [0.1, 0.15) is 67.4 Å². The van der Waals surface area contributed by atoms with Crippen LogP contribution in [0.3, 0.4) is 0 Å². The van der Waals surface area contributed by atoms with E-state index in [2.05, 4.69) is 25.5 Å². The lowest BCUT2D eigenvalue weighted by atomic mass is 9.97. The zero-order valence-corrected chi connectivity index (χ0v) is 31.8. The summed E-state index contributed by atoms with van der Waals surface area (Å²) >= 11 is 11.9. The van der Waals surface area contributed by atoms with Crippen LogP contribution in [0.5, 0.6) is 0 Å². The van der Waals surface area contributed by atoms with Crippen molar-refractivity contribution in [3.8, 4) is 11.3 Å². The minimum absolute atomic E-state index is 0.0483. The number of nitrogens with one attached hydrogen (secondary N) is 2. The van der Waals surface area contributed by atoms with Gasteiger partial charge in [-0.25, -0.2) is 15.0 Å². The number of aromatic nitrogens is 5. The fraction of sp³-hybridized carbons (Fsp3) is 0.514. The Balaban J connectivity index is 0.000000190. The van der Waals surface area contributed by atoms with Crippen LogP contribution in [0.15, 0.2) is 38.5 Å². The molecule has 17 heteroatoms. The van der Waals surface area contributed by atoms with E-state index in [-0.39, 0.29) is 35.5 Å². The van der Waals surface area contributed by atoms with Crippen LogP contribution >= 0.6 is 23.2 Å². The molecule has 5 aliphatic rings. The van der Waals surface area contributed by atoms with Crippen molar-refractivity contribution < 1.29 is 23.0 Å². The molecule has 3 aliphatic heterocycles. The van der Waals surface area contributed by atoms with Crippen LogP contribution < -0.4 is 15.5 Å². The van der Waals surface area contributed by atoms with Gasteiger partial charge in [0.05, 0.1) is 63.0 Å². The summed E-state index contributed by atoms with van der Waals surface area (Å²) < 4.78 is 30.7. The molecule has 52 heavy (non-hydrogen) atoms. The van der Waals surface area contributed by atoms with Crippen molar-refractivity contribution in [3.63, 3.8) is 0 Å². The summed E-state index contributed by atoms with van der Waals surface area (Å²) in [5.41, 5.74) is 2.86. The Morgan fingerprint density at radius 1 is 0.827 bits per heavy atom. The highest BCUT2D eigenvalue weighted by Gasteiger charge is 2.45. The van der Waals surface area contributed by atoms with E-state index in [0.717, 1.165) is 85.9 Å². The lowest BCUT2D eigenvalue weighted by molar-refractivity contribution is 0.265. The molecule has 0 spiro atoms. The number of anilines is 3. The van der Waals surface area contributed by atoms with Gasteiger partial charge < -0.3 is 30.2 Å². The van der Waals surface area contributed by atoms with Gasteiger partial charge in [-0.05, 0) is 81.3 Å². The smallest absolute Gasteiger partial charge is 0.227 e. The number of halogens is 2. The summed E-state index contributed by atoms with van der Waals surface area (Å²) in [6.45, 7) is 3.65. The van der Waals surface area contributed by atoms with E-state index in [4.69, 9.17) is 42.6 Å². The molecule has 2 aliphatic carbocycles. The van der Waals surface area contributed by atoms with Crippen LogP contribution in [0.2, 0.25) is 10.3 Å². The van der Waals surface area contributed by atoms with Crippen LogP contribution in [0.4, 0.5) is 17.6 Å². The maximum absolute atomic E-state index is 12.6. The van der Waals surface area contributed by atoms with E-state index >= 15 is 0 Å². The first-order valence-corrected chi connectivity index (χ1v) is 21.0. The minimum atomic E-state index is -1.09. The molecule has 0 bridgehead atoms. The molecular weight excluding hydrogens is 747 g/mol. The Morgan fingerprint density at radius 2 is 1.38 bits per heavy atom. The summed E-state index contributed by atoms with van der Waals surface area (Å²) in [5, 5.41) is 26.5. The third-order valence-corrected chi connectivity index (χ3v) is 13.8. The van der Waals surface area contributed by atoms with Crippen molar-refractivity contribution in [1.29, 1.82) is 0 Å². The first kappa shape index (κ1) is 35.8. The second kappa shape index (κ2) is 14.2. The van der Waals surface area contributed by atoms with Gasteiger partial charge in [-0.1, -0.05) is 11.6 Å². The third-order valence-electron chi connectivity index (χ3n) is 10.5. The van der Waals surface area contributed by atoms with Gasteiger partial charge in [0.1, 0.15) is 21.4 Å². The molecule has 276 valence electrons. The maximum atomic E-state index is 12.6. The summed E-state index contributed by atoms with van der Waals surface area (Å²) in [5.74, 6) is 4.78. The summed E-state index contributed by atoms with van der Waals surface area (Å²) in [6.07, 6.45) is 6.71. The van der Waals surface area contributed by atoms with Crippen molar-refractivity contribution in [3.05, 3.63) is 57.5 Å². The minimum Gasteiger partial charge on any atom is -0.440 e. The van der Waals surface area contributed by atoms with E-state index in [1.807, 2.05) is 31.2 Å². The number of hydrogen-bond donors (Lipinski definition) is 4. The normalized spacial score (nSPS) is 22.3. The number of oxazole rings is 1. The summed E-state index contributed by atoms with van der Waals surface area (Å²) in [6, 6.07) is 7.62. The Morgan fingerprint density at radius 3 is 1.94 bits per heavy atom. The first-order chi connectivity index (χ1) is 25.1. The number of rotatable bonds is 9. The average molecular weight is 788 g/mol. The van der Waals surface area contributed by atoms with Gasteiger partial charge in [0.25, 0.3) is 0 Å². The predicted octanol–water partition coefficient (Wildman–Crippen LogP) is 4.81. The molecule has 1 saturated heterocycles. The first-order valence-electron chi connectivity index (χ1n) is 17.6. The molecule has 6 heterocycles. The molecule has 13 nitrogen and oxygen atoms in total. The van der Waals surface area contributed by atoms with Crippen molar-refractivity contribution in [2.75, 3.05) is 53.3 Å². The highest BCUT2D eigenvalue weighted by Crippen LogP contribution is 2.42. The molecule has 0 radical (unpaired) electrons. The Labute approximate surface area is 316 Å². The average Bonchev–Trinajstić information content (AvgIpc) is 3.97. The SMILES string of the molecule is Cc1nc(C2CCN(c3nc4c(c(NC5(CO)CC5)n3)S(=O)CC4)CC2)oc1-c1ccc(Cl)cc1.O=S1CCc2nc(Cl)nc(NC3(CO)CC3)c21. The van der Waals surface area contributed by atoms with Crippen molar-refractivity contribution in [1.82, 2.24) is 24.9 Å². The molecular formula is C35H40Cl2N8O5S2. The molecule has 4 N–H and O–H groups in total. The van der Waals surface area contributed by atoms with E-state index in [9.17, 15) is 18.6 Å².